The summed E-state index contributed by atoms with van der Waals surface area (Å²) >= 11 is 5.43. The molecule has 1 nitrogen and oxygen atoms in total. The number of rotatable bonds is 6. The quantitative estimate of drug-likeness (QED) is 0.720. The van der Waals surface area contributed by atoms with Gasteiger partial charge in [-0.05, 0) is 49.2 Å². The predicted molar refractivity (Wildman–Crippen MR) is 88.8 cm³/mol. The summed E-state index contributed by atoms with van der Waals surface area (Å²) in [4.78, 5) is 2.78. The van der Waals surface area contributed by atoms with Crippen LogP contribution in [0.3, 0.4) is 0 Å². The van der Waals surface area contributed by atoms with Crippen molar-refractivity contribution in [3.63, 3.8) is 0 Å². The second kappa shape index (κ2) is 7.22. The largest absolute Gasteiger partial charge is 0.309 e. The maximum Gasteiger partial charge on any atom is 0.0412 e. The van der Waals surface area contributed by atoms with E-state index in [1.807, 2.05) is 11.3 Å². The second-order valence-corrected chi connectivity index (χ2v) is 6.66. The molecule has 3 heteroatoms. The predicted octanol–water partition coefficient (Wildman–Crippen LogP) is 5.63. The van der Waals surface area contributed by atoms with Gasteiger partial charge in [-0.2, -0.15) is 0 Å². The molecule has 0 fully saturated rings. The Morgan fingerprint density at radius 1 is 1.21 bits per heavy atom. The van der Waals surface area contributed by atoms with Crippen molar-refractivity contribution >= 4 is 27.3 Å². The van der Waals surface area contributed by atoms with Gasteiger partial charge in [0.2, 0.25) is 0 Å². The minimum atomic E-state index is 0.492. The highest BCUT2D eigenvalue weighted by Crippen LogP contribution is 2.33. The van der Waals surface area contributed by atoms with Crippen LogP contribution in [0.1, 0.15) is 37.6 Å². The Balaban J connectivity index is 2.18. The van der Waals surface area contributed by atoms with Gasteiger partial charge in [-0.25, -0.2) is 0 Å². The Morgan fingerprint density at radius 3 is 2.74 bits per heavy atom. The summed E-state index contributed by atoms with van der Waals surface area (Å²) in [5, 5.41) is 3.61. The molecule has 0 spiro atoms. The summed E-state index contributed by atoms with van der Waals surface area (Å²) in [7, 11) is 0. The lowest BCUT2D eigenvalue weighted by molar-refractivity contribution is 0.525. The zero-order valence-corrected chi connectivity index (χ0v) is 13.9. The van der Waals surface area contributed by atoms with Crippen molar-refractivity contribution in [2.45, 2.75) is 32.7 Å². The van der Waals surface area contributed by atoms with E-state index in [0.29, 0.717) is 6.04 Å². The average Bonchev–Trinajstić information content (AvgIpc) is 2.89. The Kier molecular flexibility index (Phi) is 5.61. The van der Waals surface area contributed by atoms with Crippen LogP contribution in [-0.2, 0) is 0 Å². The lowest BCUT2D eigenvalue weighted by Gasteiger charge is -2.14. The van der Waals surface area contributed by atoms with E-state index in [1.165, 1.54) is 21.7 Å². The fourth-order valence-corrected chi connectivity index (χ4v) is 3.66. The van der Waals surface area contributed by atoms with Crippen molar-refractivity contribution in [2.75, 3.05) is 6.54 Å². The summed E-state index contributed by atoms with van der Waals surface area (Å²) < 4.78 is 1.14. The minimum Gasteiger partial charge on any atom is -0.309 e. The molecular formula is C16H20BrNS. The van der Waals surface area contributed by atoms with Crippen LogP contribution in [0, 0.1) is 0 Å². The van der Waals surface area contributed by atoms with Gasteiger partial charge in [-0.3, -0.25) is 0 Å². The van der Waals surface area contributed by atoms with E-state index in [4.69, 9.17) is 0 Å². The molecule has 1 heterocycles. The van der Waals surface area contributed by atoms with Gasteiger partial charge in [0, 0.05) is 20.3 Å². The zero-order valence-electron chi connectivity index (χ0n) is 11.4. The standard InChI is InChI=1S/C16H20BrNS/c1-3-10-18-14(4-2)16-9-8-15(19-16)12-6-5-7-13(17)11-12/h5-9,11,14,18H,3-4,10H2,1-2H3. The first-order valence-electron chi connectivity index (χ1n) is 6.83. The van der Waals surface area contributed by atoms with Crippen molar-refractivity contribution < 1.29 is 0 Å². The molecule has 0 aliphatic heterocycles. The molecule has 0 saturated heterocycles. The van der Waals surface area contributed by atoms with E-state index in [-0.39, 0.29) is 0 Å². The molecule has 102 valence electrons. The van der Waals surface area contributed by atoms with Crippen LogP contribution in [-0.4, -0.2) is 6.54 Å². The van der Waals surface area contributed by atoms with Gasteiger partial charge in [0.25, 0.3) is 0 Å². The average molecular weight is 338 g/mol. The van der Waals surface area contributed by atoms with E-state index in [1.54, 1.807) is 0 Å². The van der Waals surface area contributed by atoms with Crippen LogP contribution < -0.4 is 5.32 Å². The lowest BCUT2D eigenvalue weighted by atomic mass is 10.1. The van der Waals surface area contributed by atoms with Crippen molar-refractivity contribution in [3.05, 3.63) is 45.7 Å². The Morgan fingerprint density at radius 2 is 2.05 bits per heavy atom. The molecule has 19 heavy (non-hydrogen) atoms. The monoisotopic (exact) mass is 337 g/mol. The van der Waals surface area contributed by atoms with E-state index in [9.17, 15) is 0 Å². The third kappa shape index (κ3) is 3.91. The number of benzene rings is 1. The topological polar surface area (TPSA) is 12.0 Å². The first-order chi connectivity index (χ1) is 9.24. The molecule has 0 aliphatic rings. The minimum absolute atomic E-state index is 0.492. The molecule has 1 aromatic carbocycles. The Bertz CT molecular complexity index is 521. The van der Waals surface area contributed by atoms with E-state index in [0.717, 1.165) is 17.4 Å². The summed E-state index contributed by atoms with van der Waals surface area (Å²) in [6.07, 6.45) is 2.32. The van der Waals surface area contributed by atoms with Crippen LogP contribution >= 0.6 is 27.3 Å². The molecular weight excluding hydrogens is 318 g/mol. The normalized spacial score (nSPS) is 12.6. The SMILES string of the molecule is CCCNC(CC)c1ccc(-c2cccc(Br)c2)s1. The first-order valence-corrected chi connectivity index (χ1v) is 8.44. The number of hydrogen-bond donors (Lipinski definition) is 1. The number of halogens is 1. The smallest absolute Gasteiger partial charge is 0.0412 e. The van der Waals surface area contributed by atoms with Crippen LogP contribution in [0.4, 0.5) is 0 Å². The molecule has 0 radical (unpaired) electrons. The maximum absolute atomic E-state index is 3.61. The number of hydrogen-bond acceptors (Lipinski definition) is 2. The van der Waals surface area contributed by atoms with Gasteiger partial charge in [-0.1, -0.05) is 41.9 Å². The van der Waals surface area contributed by atoms with Gasteiger partial charge in [0.05, 0.1) is 0 Å². The molecule has 0 saturated carbocycles. The van der Waals surface area contributed by atoms with E-state index < -0.39 is 0 Å². The second-order valence-electron chi connectivity index (χ2n) is 4.63. The Hall–Kier alpha value is -0.640. The first kappa shape index (κ1) is 14.8. The fourth-order valence-electron chi connectivity index (χ4n) is 2.10. The third-order valence-electron chi connectivity index (χ3n) is 3.13. The maximum atomic E-state index is 3.61. The van der Waals surface area contributed by atoms with E-state index in [2.05, 4.69) is 71.5 Å². The van der Waals surface area contributed by atoms with Crippen LogP contribution in [0.15, 0.2) is 40.9 Å². The van der Waals surface area contributed by atoms with Crippen LogP contribution in [0.5, 0.6) is 0 Å². The molecule has 2 rings (SSSR count). The van der Waals surface area contributed by atoms with Crippen LogP contribution in [0.25, 0.3) is 10.4 Å². The summed E-state index contributed by atoms with van der Waals surface area (Å²) in [6.45, 7) is 5.54. The lowest BCUT2D eigenvalue weighted by Crippen LogP contribution is -2.20. The molecule has 0 bridgehead atoms. The molecule has 1 N–H and O–H groups in total. The highest BCUT2D eigenvalue weighted by atomic mass is 79.9. The molecule has 0 amide bonds. The fraction of sp³-hybridized carbons (Fsp3) is 0.375. The highest BCUT2D eigenvalue weighted by molar-refractivity contribution is 9.10. The molecule has 0 aliphatic carbocycles. The zero-order chi connectivity index (χ0) is 13.7. The Labute approximate surface area is 128 Å². The van der Waals surface area contributed by atoms with Crippen LogP contribution in [0.2, 0.25) is 0 Å². The summed E-state index contributed by atoms with van der Waals surface area (Å²) in [5.74, 6) is 0. The van der Waals surface area contributed by atoms with Gasteiger partial charge in [-0.15, -0.1) is 11.3 Å². The van der Waals surface area contributed by atoms with Crippen molar-refractivity contribution in [1.82, 2.24) is 5.32 Å². The van der Waals surface area contributed by atoms with E-state index >= 15 is 0 Å². The summed E-state index contributed by atoms with van der Waals surface area (Å²) in [6, 6.07) is 13.5. The molecule has 2 aromatic rings. The molecule has 1 aromatic heterocycles. The third-order valence-corrected chi connectivity index (χ3v) is 4.87. The van der Waals surface area contributed by atoms with Gasteiger partial charge >= 0.3 is 0 Å². The number of nitrogens with one attached hydrogen (secondary N) is 1. The number of thiophene rings is 1. The molecule has 1 unspecified atom stereocenters. The van der Waals surface area contributed by atoms with Gasteiger partial charge < -0.3 is 5.32 Å². The van der Waals surface area contributed by atoms with Crippen molar-refractivity contribution in [3.8, 4) is 10.4 Å². The highest BCUT2D eigenvalue weighted by Gasteiger charge is 2.11. The molecule has 1 atom stereocenters. The van der Waals surface area contributed by atoms with Gasteiger partial charge in [0.15, 0.2) is 0 Å². The van der Waals surface area contributed by atoms with Crippen molar-refractivity contribution in [2.24, 2.45) is 0 Å². The van der Waals surface area contributed by atoms with Gasteiger partial charge in [0.1, 0.15) is 0 Å². The van der Waals surface area contributed by atoms with Crippen molar-refractivity contribution in [1.29, 1.82) is 0 Å². The summed E-state index contributed by atoms with van der Waals surface area (Å²) in [5.41, 5.74) is 1.29.